The number of hydrogen-bond acceptors (Lipinski definition) is 1. The van der Waals surface area contributed by atoms with Crippen molar-refractivity contribution in [1.29, 1.82) is 0 Å². The van der Waals surface area contributed by atoms with Crippen LogP contribution in [0, 0.1) is 0 Å². The predicted molar refractivity (Wildman–Crippen MR) is 77.4 cm³/mol. The fourth-order valence-corrected chi connectivity index (χ4v) is 1.69. The Hall–Kier alpha value is -0.910. The van der Waals surface area contributed by atoms with Gasteiger partial charge in [0.1, 0.15) is 0 Å². The molecule has 0 heterocycles. The van der Waals surface area contributed by atoms with Gasteiger partial charge in [-0.05, 0) is 24.6 Å². The first-order valence-corrected chi connectivity index (χ1v) is 6.74. The van der Waals surface area contributed by atoms with Crippen molar-refractivity contribution < 1.29 is 18.0 Å². The van der Waals surface area contributed by atoms with Gasteiger partial charge in [0.15, 0.2) is 0 Å². The van der Waals surface area contributed by atoms with Crippen molar-refractivity contribution in [3.63, 3.8) is 0 Å². The van der Waals surface area contributed by atoms with Gasteiger partial charge >= 0.3 is 6.18 Å². The Labute approximate surface area is 134 Å². The predicted octanol–water partition coefficient (Wildman–Crippen LogP) is 4.59. The molecule has 1 rings (SSSR count). The van der Waals surface area contributed by atoms with E-state index in [1.54, 1.807) is 0 Å². The smallest absolute Gasteiger partial charge is 0.340 e. The molecule has 0 aromatic heterocycles. The van der Waals surface area contributed by atoms with Crippen molar-refractivity contribution in [2.75, 3.05) is 0 Å². The third-order valence-corrected chi connectivity index (χ3v) is 3.37. The lowest BCUT2D eigenvalue weighted by molar-refractivity contribution is -0.137. The van der Waals surface area contributed by atoms with E-state index < -0.39 is 27.0 Å². The fraction of sp³-hybridized carbons (Fsp3) is 0.308. The molecular formula is C13H11Cl3F3NO. The van der Waals surface area contributed by atoms with E-state index in [9.17, 15) is 18.0 Å². The van der Waals surface area contributed by atoms with E-state index in [4.69, 9.17) is 34.8 Å². The van der Waals surface area contributed by atoms with Crippen molar-refractivity contribution in [2.45, 2.75) is 22.4 Å². The molecule has 0 saturated heterocycles. The van der Waals surface area contributed by atoms with Crippen LogP contribution in [0.4, 0.5) is 13.2 Å². The number of amides is 1. The van der Waals surface area contributed by atoms with Gasteiger partial charge in [-0.1, -0.05) is 53.0 Å². The summed E-state index contributed by atoms with van der Waals surface area (Å²) in [6, 6.07) is 4.25. The Morgan fingerprint density at radius 1 is 1.14 bits per heavy atom. The first-order chi connectivity index (χ1) is 9.40. The zero-order valence-electron chi connectivity index (χ0n) is 10.8. The van der Waals surface area contributed by atoms with Crippen molar-refractivity contribution in [2.24, 2.45) is 0 Å². The molecule has 0 aliphatic carbocycles. The molecule has 1 amide bonds. The molecule has 1 N–H and O–H groups in total. The molecule has 0 radical (unpaired) electrons. The summed E-state index contributed by atoms with van der Waals surface area (Å²) in [4.78, 5) is 11.7. The van der Waals surface area contributed by atoms with Crippen LogP contribution in [-0.4, -0.2) is 9.70 Å². The lowest BCUT2D eigenvalue weighted by Gasteiger charge is -2.29. The summed E-state index contributed by atoms with van der Waals surface area (Å²) in [5.74, 6) is -0.908. The zero-order valence-corrected chi connectivity index (χ0v) is 13.0. The number of halogens is 6. The first-order valence-electron chi connectivity index (χ1n) is 5.61. The van der Waals surface area contributed by atoms with Crippen molar-refractivity contribution in [3.05, 3.63) is 48.0 Å². The minimum Gasteiger partial charge on any atom is -0.340 e. The summed E-state index contributed by atoms with van der Waals surface area (Å²) in [5, 5.41) is 2.42. The molecule has 0 aliphatic heterocycles. The lowest BCUT2D eigenvalue weighted by Crippen LogP contribution is -2.46. The lowest BCUT2D eigenvalue weighted by atomic mass is 9.91. The van der Waals surface area contributed by atoms with Crippen LogP contribution < -0.4 is 5.32 Å². The van der Waals surface area contributed by atoms with Gasteiger partial charge in [0.05, 0.1) is 11.1 Å². The summed E-state index contributed by atoms with van der Waals surface area (Å²) in [6.45, 7) is 5.07. The minimum absolute atomic E-state index is 0.369. The van der Waals surface area contributed by atoms with Crippen LogP contribution in [0.3, 0.4) is 0 Å². The second-order valence-corrected chi connectivity index (χ2v) is 6.71. The van der Waals surface area contributed by atoms with E-state index in [0.717, 1.165) is 12.1 Å². The highest BCUT2D eigenvalue weighted by molar-refractivity contribution is 6.76. The number of alkyl halides is 6. The molecule has 0 spiro atoms. The van der Waals surface area contributed by atoms with Gasteiger partial charge in [0.2, 0.25) is 0 Å². The van der Waals surface area contributed by atoms with E-state index in [0.29, 0.717) is 5.56 Å². The molecule has 1 unspecified atom stereocenters. The second kappa shape index (κ2) is 6.07. The number of hydrogen-bond donors (Lipinski definition) is 1. The van der Waals surface area contributed by atoms with E-state index in [-0.39, 0.29) is 0 Å². The van der Waals surface area contributed by atoms with Crippen LogP contribution >= 0.6 is 34.8 Å². The van der Waals surface area contributed by atoms with Crippen molar-refractivity contribution in [1.82, 2.24) is 5.32 Å². The van der Waals surface area contributed by atoms with Gasteiger partial charge in [0, 0.05) is 0 Å². The van der Waals surface area contributed by atoms with Gasteiger partial charge in [-0.25, -0.2) is 0 Å². The van der Waals surface area contributed by atoms with E-state index in [1.165, 1.54) is 25.1 Å². The second-order valence-electron chi connectivity index (χ2n) is 4.43. The van der Waals surface area contributed by atoms with Crippen LogP contribution in [0.2, 0.25) is 0 Å². The fourth-order valence-electron chi connectivity index (χ4n) is 1.55. The number of carbonyl (C=O) groups excluding carboxylic acids is 1. The Morgan fingerprint density at radius 2 is 1.57 bits per heavy atom. The maximum Gasteiger partial charge on any atom is 0.416 e. The third-order valence-electron chi connectivity index (χ3n) is 2.85. The molecule has 0 bridgehead atoms. The summed E-state index contributed by atoms with van der Waals surface area (Å²) in [5.41, 5.74) is -1.61. The molecule has 0 aliphatic rings. The van der Waals surface area contributed by atoms with Crippen molar-refractivity contribution in [3.8, 4) is 0 Å². The van der Waals surface area contributed by atoms with Crippen LogP contribution in [0.15, 0.2) is 36.9 Å². The minimum atomic E-state index is -4.44. The zero-order chi connectivity index (χ0) is 16.5. The molecule has 8 heteroatoms. The largest absolute Gasteiger partial charge is 0.416 e. The monoisotopic (exact) mass is 359 g/mol. The van der Waals surface area contributed by atoms with E-state index >= 15 is 0 Å². The third kappa shape index (κ3) is 4.53. The number of rotatable bonds is 3. The van der Waals surface area contributed by atoms with Crippen LogP contribution in [-0.2, 0) is 16.5 Å². The topological polar surface area (TPSA) is 29.1 Å². The number of nitrogens with one attached hydrogen (secondary N) is 1. The molecule has 1 atom stereocenters. The summed E-state index contributed by atoms with van der Waals surface area (Å²) in [6.07, 6.45) is -3.10. The summed E-state index contributed by atoms with van der Waals surface area (Å²) < 4.78 is 35.4. The number of carbonyl (C=O) groups is 1. The van der Waals surface area contributed by atoms with Crippen molar-refractivity contribution >= 4 is 40.7 Å². The van der Waals surface area contributed by atoms with Gasteiger partial charge in [-0.2, -0.15) is 13.2 Å². The summed E-state index contributed by atoms with van der Waals surface area (Å²) >= 11 is 16.4. The Bertz CT molecular complexity index is 537. The average molecular weight is 361 g/mol. The molecule has 1 aromatic carbocycles. The molecule has 21 heavy (non-hydrogen) atoms. The summed E-state index contributed by atoms with van der Waals surface area (Å²) in [7, 11) is 0. The highest BCUT2D eigenvalue weighted by Crippen LogP contribution is 2.32. The normalized spacial score (nSPS) is 15.2. The van der Waals surface area contributed by atoms with Gasteiger partial charge in [0.25, 0.3) is 9.70 Å². The molecule has 0 fully saturated rings. The van der Waals surface area contributed by atoms with Crippen LogP contribution in [0.1, 0.15) is 18.1 Å². The Kier molecular flexibility index (Phi) is 5.24. The quantitative estimate of drug-likeness (QED) is 0.620. The average Bonchev–Trinajstić information content (AvgIpc) is 2.36. The Balaban J connectivity index is 3.09. The highest BCUT2D eigenvalue weighted by atomic mass is 35.6. The van der Waals surface area contributed by atoms with Crippen LogP contribution in [0.25, 0.3) is 0 Å². The first kappa shape index (κ1) is 18.1. The maximum absolute atomic E-state index is 12.5. The molecule has 1 aromatic rings. The van der Waals surface area contributed by atoms with E-state index in [1.807, 2.05) is 0 Å². The number of benzene rings is 1. The van der Waals surface area contributed by atoms with E-state index in [2.05, 4.69) is 11.9 Å². The van der Waals surface area contributed by atoms with Crippen LogP contribution in [0.5, 0.6) is 0 Å². The molecular weight excluding hydrogens is 350 g/mol. The van der Waals surface area contributed by atoms with Gasteiger partial charge in [-0.3, -0.25) is 4.79 Å². The Morgan fingerprint density at radius 3 is 1.90 bits per heavy atom. The SMILES string of the molecule is C=CC(C)(NC(=O)C(Cl)(Cl)Cl)c1ccc(C(F)(F)F)cc1. The van der Waals surface area contributed by atoms with Gasteiger partial charge < -0.3 is 5.32 Å². The highest BCUT2D eigenvalue weighted by Gasteiger charge is 2.36. The van der Waals surface area contributed by atoms with Gasteiger partial charge in [-0.15, -0.1) is 6.58 Å². The maximum atomic E-state index is 12.5. The molecule has 0 saturated carbocycles. The molecule has 116 valence electrons. The standard InChI is InChI=1S/C13H11Cl3F3NO/c1-3-11(2,20-10(21)12(14,15)16)8-4-6-9(7-5-8)13(17,18)19/h3-7H,1H2,2H3,(H,20,21). The molecule has 2 nitrogen and oxygen atoms in total.